The number of esters is 1. The highest BCUT2D eigenvalue weighted by Gasteiger charge is 2.23. The monoisotopic (exact) mass is 401 g/mol. The number of nitrogens with one attached hydrogen (secondary N) is 1. The predicted octanol–water partition coefficient (Wildman–Crippen LogP) is 2.76. The van der Waals surface area contributed by atoms with Crippen LogP contribution in [0.2, 0.25) is 0 Å². The largest absolute Gasteiger partial charge is 0.497 e. The number of fused-ring (bicyclic) bond motifs is 1. The van der Waals surface area contributed by atoms with Crippen molar-refractivity contribution in [2.24, 2.45) is 0 Å². The smallest absolute Gasteiger partial charge is 0.348 e. The summed E-state index contributed by atoms with van der Waals surface area (Å²) in [7, 11) is 2.84. The second-order valence-electron chi connectivity index (χ2n) is 6.08. The summed E-state index contributed by atoms with van der Waals surface area (Å²) in [6, 6.07) is 6.07. The molecule has 0 aliphatic heterocycles. The average Bonchev–Trinajstić information content (AvgIpc) is 3.05. The van der Waals surface area contributed by atoms with Gasteiger partial charge in [-0.1, -0.05) is 0 Å². The molecule has 28 heavy (non-hydrogen) atoms. The summed E-state index contributed by atoms with van der Waals surface area (Å²) >= 11 is 1.09. The summed E-state index contributed by atoms with van der Waals surface area (Å²) in [5.41, 5.74) is 0.701. The van der Waals surface area contributed by atoms with E-state index in [-0.39, 0.29) is 11.5 Å². The lowest BCUT2D eigenvalue weighted by Crippen LogP contribution is -2.31. The molecule has 2 aromatic heterocycles. The van der Waals surface area contributed by atoms with Gasteiger partial charge in [-0.15, -0.1) is 11.3 Å². The third-order valence-electron chi connectivity index (χ3n) is 4.40. The van der Waals surface area contributed by atoms with Crippen LogP contribution in [0.4, 0.5) is 5.69 Å². The molecule has 0 aliphatic rings. The van der Waals surface area contributed by atoms with Crippen LogP contribution in [0.15, 0.2) is 35.4 Å². The first kappa shape index (κ1) is 19.6. The van der Waals surface area contributed by atoms with Gasteiger partial charge in [0.2, 0.25) is 5.91 Å². The number of benzene rings is 1. The van der Waals surface area contributed by atoms with Crippen LogP contribution in [0.5, 0.6) is 5.75 Å². The minimum Gasteiger partial charge on any atom is -0.497 e. The van der Waals surface area contributed by atoms with Crippen LogP contribution < -0.4 is 15.6 Å². The normalized spacial score (nSPS) is 11.9. The van der Waals surface area contributed by atoms with Gasteiger partial charge in [0.05, 0.1) is 25.9 Å². The van der Waals surface area contributed by atoms with E-state index in [9.17, 15) is 14.4 Å². The van der Waals surface area contributed by atoms with Crippen LogP contribution in [0.3, 0.4) is 0 Å². The number of ether oxygens (including phenoxy) is 2. The Morgan fingerprint density at radius 3 is 2.50 bits per heavy atom. The van der Waals surface area contributed by atoms with Crippen LogP contribution in [0.25, 0.3) is 10.2 Å². The van der Waals surface area contributed by atoms with Crippen molar-refractivity contribution < 1.29 is 19.1 Å². The van der Waals surface area contributed by atoms with E-state index in [2.05, 4.69) is 10.3 Å². The first-order valence-corrected chi connectivity index (χ1v) is 9.22. The number of hydrogen-bond donors (Lipinski definition) is 1. The number of aromatic nitrogens is 2. The third-order valence-corrected chi connectivity index (χ3v) is 5.58. The van der Waals surface area contributed by atoms with Crippen molar-refractivity contribution in [3.05, 3.63) is 51.4 Å². The zero-order valence-electron chi connectivity index (χ0n) is 15.8. The molecule has 0 fully saturated rings. The molecule has 1 unspecified atom stereocenters. The Kier molecular flexibility index (Phi) is 5.46. The maximum absolute atomic E-state index is 12.9. The number of carbonyl (C=O) groups is 2. The molecular weight excluding hydrogens is 382 g/mol. The molecule has 3 rings (SSSR count). The van der Waals surface area contributed by atoms with Gasteiger partial charge in [0, 0.05) is 5.69 Å². The van der Waals surface area contributed by atoms with Gasteiger partial charge in [-0.25, -0.2) is 9.78 Å². The second kappa shape index (κ2) is 7.81. The van der Waals surface area contributed by atoms with Gasteiger partial charge in [0.1, 0.15) is 21.5 Å². The molecule has 0 bridgehead atoms. The number of thiophene rings is 1. The maximum atomic E-state index is 12.9. The summed E-state index contributed by atoms with van der Waals surface area (Å²) in [5.74, 6) is -0.211. The predicted molar refractivity (Wildman–Crippen MR) is 106 cm³/mol. The molecule has 0 spiro atoms. The second-order valence-corrected chi connectivity index (χ2v) is 7.08. The van der Waals surface area contributed by atoms with Gasteiger partial charge in [-0.2, -0.15) is 0 Å². The van der Waals surface area contributed by atoms with Crippen molar-refractivity contribution >= 4 is 39.1 Å². The Bertz CT molecular complexity index is 1100. The number of aryl methyl sites for hydroxylation is 1. The lowest BCUT2D eigenvalue weighted by atomic mass is 10.2. The van der Waals surface area contributed by atoms with Gasteiger partial charge in [0.15, 0.2) is 0 Å². The molecule has 1 N–H and O–H groups in total. The van der Waals surface area contributed by atoms with E-state index in [1.54, 1.807) is 45.2 Å². The van der Waals surface area contributed by atoms with Crippen LogP contribution in [-0.4, -0.2) is 35.6 Å². The van der Waals surface area contributed by atoms with Gasteiger partial charge in [-0.05, 0) is 43.7 Å². The third kappa shape index (κ3) is 3.48. The van der Waals surface area contributed by atoms with Crippen molar-refractivity contribution in [2.45, 2.75) is 19.9 Å². The quantitative estimate of drug-likeness (QED) is 0.660. The summed E-state index contributed by atoms with van der Waals surface area (Å²) in [4.78, 5) is 42.4. The molecule has 2 heterocycles. The molecule has 0 aliphatic carbocycles. The molecule has 0 saturated carbocycles. The molecule has 146 valence electrons. The van der Waals surface area contributed by atoms with Gasteiger partial charge in [0.25, 0.3) is 5.56 Å². The van der Waals surface area contributed by atoms with Gasteiger partial charge in [-0.3, -0.25) is 14.2 Å². The highest BCUT2D eigenvalue weighted by atomic mass is 32.1. The summed E-state index contributed by atoms with van der Waals surface area (Å²) < 4.78 is 11.1. The standard InChI is InChI=1S/C19H19N3O5S/c1-10-14-17(28-15(10)19(25)27-4)20-9-22(18(14)24)11(2)16(23)21-12-5-7-13(26-3)8-6-12/h5-9,11H,1-4H3,(H,21,23). The Morgan fingerprint density at radius 2 is 1.89 bits per heavy atom. The molecule has 1 atom stereocenters. The molecule has 1 aromatic carbocycles. The van der Waals surface area contributed by atoms with E-state index in [1.807, 2.05) is 0 Å². The van der Waals surface area contributed by atoms with Crippen molar-refractivity contribution in [2.75, 3.05) is 19.5 Å². The molecule has 9 heteroatoms. The van der Waals surface area contributed by atoms with Crippen molar-refractivity contribution in [1.29, 1.82) is 0 Å². The maximum Gasteiger partial charge on any atom is 0.348 e. The number of rotatable bonds is 5. The van der Waals surface area contributed by atoms with Crippen molar-refractivity contribution in [3.8, 4) is 5.75 Å². The minimum atomic E-state index is -0.799. The number of carbonyl (C=O) groups excluding carboxylic acids is 2. The fourth-order valence-corrected chi connectivity index (χ4v) is 3.81. The highest BCUT2D eigenvalue weighted by Crippen LogP contribution is 2.27. The molecular formula is C19H19N3O5S. The highest BCUT2D eigenvalue weighted by molar-refractivity contribution is 7.20. The van der Waals surface area contributed by atoms with Gasteiger partial charge >= 0.3 is 5.97 Å². The topological polar surface area (TPSA) is 99.5 Å². The summed E-state index contributed by atoms with van der Waals surface area (Å²) in [5, 5.41) is 3.08. The lowest BCUT2D eigenvalue weighted by molar-refractivity contribution is -0.118. The fraction of sp³-hybridized carbons (Fsp3) is 0.263. The minimum absolute atomic E-state index is 0.317. The molecule has 1 amide bonds. The van der Waals surface area contributed by atoms with Crippen LogP contribution in [0.1, 0.15) is 28.2 Å². The van der Waals surface area contributed by atoms with E-state index in [1.165, 1.54) is 18.0 Å². The van der Waals surface area contributed by atoms with Crippen molar-refractivity contribution in [1.82, 2.24) is 9.55 Å². The SMILES string of the molecule is COC(=O)c1sc2ncn(C(C)C(=O)Nc3ccc(OC)cc3)c(=O)c2c1C. The molecule has 0 radical (unpaired) electrons. The van der Waals surface area contributed by atoms with E-state index in [0.717, 1.165) is 11.3 Å². The number of hydrogen-bond acceptors (Lipinski definition) is 7. The van der Waals surface area contributed by atoms with Gasteiger partial charge < -0.3 is 14.8 Å². The Labute approximate surface area is 164 Å². The number of methoxy groups -OCH3 is 2. The zero-order chi connectivity index (χ0) is 20.4. The van der Waals surface area contributed by atoms with Crippen LogP contribution in [-0.2, 0) is 9.53 Å². The summed E-state index contributed by atoms with van der Waals surface area (Å²) in [6.45, 7) is 3.28. The Morgan fingerprint density at radius 1 is 1.21 bits per heavy atom. The average molecular weight is 401 g/mol. The molecule has 8 nitrogen and oxygen atoms in total. The summed E-state index contributed by atoms with van der Waals surface area (Å²) in [6.07, 6.45) is 1.32. The first-order valence-electron chi connectivity index (χ1n) is 8.40. The van der Waals surface area contributed by atoms with Crippen LogP contribution >= 0.6 is 11.3 Å². The Balaban J connectivity index is 1.92. The zero-order valence-corrected chi connectivity index (χ0v) is 16.6. The molecule has 3 aromatic rings. The van der Waals surface area contributed by atoms with E-state index in [4.69, 9.17) is 9.47 Å². The van der Waals surface area contributed by atoms with Crippen LogP contribution in [0, 0.1) is 6.92 Å². The lowest BCUT2D eigenvalue weighted by Gasteiger charge is -2.15. The van der Waals surface area contributed by atoms with E-state index >= 15 is 0 Å². The molecule has 0 saturated heterocycles. The first-order chi connectivity index (χ1) is 13.4. The van der Waals surface area contributed by atoms with E-state index in [0.29, 0.717) is 32.1 Å². The van der Waals surface area contributed by atoms with Crippen molar-refractivity contribution in [3.63, 3.8) is 0 Å². The number of nitrogens with zero attached hydrogens (tertiary/aromatic N) is 2. The van der Waals surface area contributed by atoms with E-state index < -0.39 is 12.0 Å². The number of amides is 1. The number of anilines is 1. The fourth-order valence-electron chi connectivity index (χ4n) is 2.75. The Hall–Kier alpha value is -3.20.